The highest BCUT2D eigenvalue weighted by Gasteiger charge is 2.55. The molecule has 174 valence electrons. The summed E-state index contributed by atoms with van der Waals surface area (Å²) in [6.07, 6.45) is 9.58. The minimum absolute atomic E-state index is 0.0682. The minimum Gasteiger partial charge on any atom is -0.494 e. The van der Waals surface area contributed by atoms with E-state index in [4.69, 9.17) is 4.74 Å². The van der Waals surface area contributed by atoms with E-state index in [2.05, 4.69) is 11.8 Å². The standard InChI is InChI=1S/C27H38N2O3/c1-20-5-7-24(8-6-20)32-13-2-4-25(30)28-9-3-10-29(12-11-28)26(31)27-17-21-14-22(18-27)16-23(15-21)19-27/h5-8,21-23H,2-4,9-19H2,1H3. The van der Waals surface area contributed by atoms with Crippen LogP contribution in [-0.4, -0.2) is 54.4 Å². The van der Waals surface area contributed by atoms with Gasteiger partial charge in [0.05, 0.1) is 12.0 Å². The fraction of sp³-hybridized carbons (Fsp3) is 0.704. The predicted octanol–water partition coefficient (Wildman–Crippen LogP) is 4.43. The summed E-state index contributed by atoms with van der Waals surface area (Å²) in [5, 5.41) is 0. The smallest absolute Gasteiger partial charge is 0.228 e. The Balaban J connectivity index is 1.09. The first-order valence-corrected chi connectivity index (χ1v) is 12.8. The molecule has 1 aromatic rings. The van der Waals surface area contributed by atoms with Crippen LogP contribution in [0.1, 0.15) is 63.4 Å². The third-order valence-corrected chi connectivity index (χ3v) is 8.45. The second-order valence-corrected chi connectivity index (χ2v) is 11.0. The van der Waals surface area contributed by atoms with Gasteiger partial charge in [0.1, 0.15) is 5.75 Å². The number of carbonyl (C=O) groups is 2. The Hall–Kier alpha value is -2.04. The van der Waals surface area contributed by atoms with Crippen molar-refractivity contribution in [3.05, 3.63) is 29.8 Å². The molecule has 5 fully saturated rings. The summed E-state index contributed by atoms with van der Waals surface area (Å²) in [5.41, 5.74) is 1.14. The van der Waals surface area contributed by atoms with Crippen LogP contribution in [0.4, 0.5) is 0 Å². The summed E-state index contributed by atoms with van der Waals surface area (Å²) in [6.45, 7) is 5.56. The van der Waals surface area contributed by atoms with Gasteiger partial charge in [0.25, 0.3) is 0 Å². The van der Waals surface area contributed by atoms with Gasteiger partial charge in [-0.1, -0.05) is 17.7 Å². The van der Waals surface area contributed by atoms with Gasteiger partial charge in [-0.25, -0.2) is 0 Å². The van der Waals surface area contributed by atoms with Gasteiger partial charge < -0.3 is 14.5 Å². The van der Waals surface area contributed by atoms with Crippen molar-refractivity contribution in [1.82, 2.24) is 9.80 Å². The molecule has 6 rings (SSSR count). The van der Waals surface area contributed by atoms with E-state index in [1.54, 1.807) is 0 Å². The van der Waals surface area contributed by atoms with E-state index >= 15 is 0 Å². The Kier molecular flexibility index (Phi) is 6.18. The van der Waals surface area contributed by atoms with Crippen molar-refractivity contribution in [3.8, 4) is 5.75 Å². The summed E-state index contributed by atoms with van der Waals surface area (Å²) in [7, 11) is 0. The van der Waals surface area contributed by atoms with Crippen LogP contribution in [0.15, 0.2) is 24.3 Å². The molecule has 0 atom stereocenters. The molecular weight excluding hydrogens is 400 g/mol. The van der Waals surface area contributed by atoms with Crippen LogP contribution >= 0.6 is 0 Å². The van der Waals surface area contributed by atoms with Gasteiger partial charge in [-0.2, -0.15) is 0 Å². The zero-order valence-corrected chi connectivity index (χ0v) is 19.6. The Morgan fingerprint density at radius 3 is 2.16 bits per heavy atom. The molecule has 5 aliphatic rings. The molecule has 1 saturated heterocycles. The van der Waals surface area contributed by atoms with E-state index in [1.807, 2.05) is 29.2 Å². The second kappa shape index (κ2) is 9.07. The lowest BCUT2D eigenvalue weighted by Gasteiger charge is -2.56. The second-order valence-electron chi connectivity index (χ2n) is 11.0. The van der Waals surface area contributed by atoms with E-state index < -0.39 is 0 Å². The van der Waals surface area contributed by atoms with Crippen molar-refractivity contribution in [2.45, 2.75) is 64.7 Å². The molecule has 5 heteroatoms. The third-order valence-electron chi connectivity index (χ3n) is 8.45. The number of hydrogen-bond donors (Lipinski definition) is 0. The van der Waals surface area contributed by atoms with Crippen molar-refractivity contribution in [1.29, 1.82) is 0 Å². The molecule has 0 aromatic heterocycles. The highest BCUT2D eigenvalue weighted by atomic mass is 16.5. The van der Waals surface area contributed by atoms with Crippen LogP contribution in [0, 0.1) is 30.1 Å². The predicted molar refractivity (Wildman–Crippen MR) is 124 cm³/mol. The zero-order valence-electron chi connectivity index (χ0n) is 19.6. The molecule has 1 heterocycles. The molecular formula is C27H38N2O3. The number of nitrogens with zero attached hydrogens (tertiary/aromatic N) is 2. The SMILES string of the molecule is Cc1ccc(OCCCC(=O)N2CCCN(C(=O)C34CC5CC(CC(C5)C3)C4)CC2)cc1. The van der Waals surface area contributed by atoms with Gasteiger partial charge >= 0.3 is 0 Å². The molecule has 1 aromatic carbocycles. The number of amides is 2. The highest BCUT2D eigenvalue weighted by Crippen LogP contribution is 2.60. The van der Waals surface area contributed by atoms with Crippen LogP contribution in [0.5, 0.6) is 5.75 Å². The molecule has 4 aliphatic carbocycles. The summed E-state index contributed by atoms with van der Waals surface area (Å²) in [6, 6.07) is 8.02. The molecule has 4 bridgehead atoms. The molecule has 2 amide bonds. The van der Waals surface area contributed by atoms with Crippen molar-refractivity contribution < 1.29 is 14.3 Å². The summed E-state index contributed by atoms with van der Waals surface area (Å²) < 4.78 is 5.77. The van der Waals surface area contributed by atoms with E-state index in [0.29, 0.717) is 32.0 Å². The average molecular weight is 439 g/mol. The maximum absolute atomic E-state index is 13.7. The number of rotatable bonds is 6. The van der Waals surface area contributed by atoms with Crippen molar-refractivity contribution in [2.24, 2.45) is 23.2 Å². The maximum Gasteiger partial charge on any atom is 0.228 e. The van der Waals surface area contributed by atoms with E-state index in [-0.39, 0.29) is 11.3 Å². The van der Waals surface area contributed by atoms with Gasteiger partial charge in [0.15, 0.2) is 0 Å². The van der Waals surface area contributed by atoms with Crippen LogP contribution < -0.4 is 4.74 Å². The van der Waals surface area contributed by atoms with Gasteiger partial charge in [0, 0.05) is 32.6 Å². The Labute approximate surface area is 192 Å². The van der Waals surface area contributed by atoms with Crippen molar-refractivity contribution in [2.75, 3.05) is 32.8 Å². The van der Waals surface area contributed by atoms with Crippen LogP contribution in [-0.2, 0) is 9.59 Å². The van der Waals surface area contributed by atoms with Gasteiger partial charge in [0.2, 0.25) is 11.8 Å². The lowest BCUT2D eigenvalue weighted by Crippen LogP contribution is -2.55. The average Bonchev–Trinajstić information content (AvgIpc) is 3.03. The quantitative estimate of drug-likeness (QED) is 0.618. The summed E-state index contributed by atoms with van der Waals surface area (Å²) >= 11 is 0. The first kappa shape index (κ1) is 21.8. The Morgan fingerprint density at radius 2 is 1.50 bits per heavy atom. The first-order chi connectivity index (χ1) is 15.5. The number of hydrogen-bond acceptors (Lipinski definition) is 3. The van der Waals surface area contributed by atoms with E-state index in [1.165, 1.54) is 24.8 Å². The van der Waals surface area contributed by atoms with E-state index in [9.17, 15) is 9.59 Å². The minimum atomic E-state index is -0.0682. The lowest BCUT2D eigenvalue weighted by atomic mass is 9.49. The highest BCUT2D eigenvalue weighted by molar-refractivity contribution is 5.83. The Morgan fingerprint density at radius 1 is 0.906 bits per heavy atom. The lowest BCUT2D eigenvalue weighted by molar-refractivity contribution is -0.157. The van der Waals surface area contributed by atoms with Crippen molar-refractivity contribution in [3.63, 3.8) is 0 Å². The summed E-state index contributed by atoms with van der Waals surface area (Å²) in [5.74, 6) is 3.84. The topological polar surface area (TPSA) is 49.9 Å². The van der Waals surface area contributed by atoms with Crippen LogP contribution in [0.25, 0.3) is 0 Å². The molecule has 1 aliphatic heterocycles. The largest absolute Gasteiger partial charge is 0.494 e. The van der Waals surface area contributed by atoms with Crippen LogP contribution in [0.2, 0.25) is 0 Å². The van der Waals surface area contributed by atoms with Gasteiger partial charge in [-0.3, -0.25) is 9.59 Å². The molecule has 5 nitrogen and oxygen atoms in total. The molecule has 32 heavy (non-hydrogen) atoms. The molecule has 0 spiro atoms. The maximum atomic E-state index is 13.7. The normalized spacial score (nSPS) is 31.5. The first-order valence-electron chi connectivity index (χ1n) is 12.8. The molecule has 0 unspecified atom stereocenters. The number of benzene rings is 1. The fourth-order valence-corrected chi connectivity index (χ4v) is 7.28. The third kappa shape index (κ3) is 4.53. The monoisotopic (exact) mass is 438 g/mol. The number of carbonyl (C=O) groups excluding carboxylic acids is 2. The zero-order chi connectivity index (χ0) is 22.1. The fourth-order valence-electron chi connectivity index (χ4n) is 7.28. The van der Waals surface area contributed by atoms with Crippen LogP contribution in [0.3, 0.4) is 0 Å². The van der Waals surface area contributed by atoms with E-state index in [0.717, 1.165) is 68.7 Å². The molecule has 0 N–H and O–H groups in total. The molecule has 0 radical (unpaired) electrons. The number of aryl methyl sites for hydroxylation is 1. The number of ether oxygens (including phenoxy) is 1. The Bertz CT molecular complexity index is 799. The molecule has 4 saturated carbocycles. The van der Waals surface area contributed by atoms with Crippen molar-refractivity contribution >= 4 is 11.8 Å². The van der Waals surface area contributed by atoms with Gasteiger partial charge in [-0.05, 0) is 88.2 Å². The summed E-state index contributed by atoms with van der Waals surface area (Å²) in [4.78, 5) is 30.5. The van der Waals surface area contributed by atoms with Gasteiger partial charge in [-0.15, -0.1) is 0 Å².